The van der Waals surface area contributed by atoms with Crippen molar-refractivity contribution >= 4 is 22.6 Å². The molecule has 1 fully saturated rings. The summed E-state index contributed by atoms with van der Waals surface area (Å²) in [6.07, 6.45) is 2.01. The highest BCUT2D eigenvalue weighted by atomic mass is 127. The maximum absolute atomic E-state index is 13.4. The number of nitrogens with zero attached hydrogens (tertiary/aromatic N) is 1. The number of piperidine rings is 1. The molecule has 0 saturated carbocycles. The molecule has 0 bridgehead atoms. The number of hydrogen-bond donors (Lipinski definition) is 0. The smallest absolute Gasteiger partial charge is 0.161 e. The first-order chi connectivity index (χ1) is 5.00. The van der Waals surface area contributed by atoms with Gasteiger partial charge in [0, 0.05) is 5.92 Å². The maximum Gasteiger partial charge on any atom is 0.161 e. The molecule has 11 heavy (non-hydrogen) atoms. The van der Waals surface area contributed by atoms with Crippen LogP contribution in [-0.4, -0.2) is 28.7 Å². The minimum Gasteiger partial charge on any atom is -0.306 e. The molecule has 0 N–H and O–H groups in total. The van der Waals surface area contributed by atoms with Gasteiger partial charge in [-0.05, 0) is 62.5 Å². The molecule has 0 amide bonds. The van der Waals surface area contributed by atoms with Crippen LogP contribution >= 0.6 is 22.6 Å². The third-order valence-electron chi connectivity index (χ3n) is 2.44. The standard InChI is InChI=1S/C8H15FIN/c1-8(9,10)7-3-5-11(2)6-4-7/h7H,3-6H2,1-2H3. The lowest BCUT2D eigenvalue weighted by atomic mass is 9.93. The average molecular weight is 271 g/mol. The first kappa shape index (κ1) is 9.71. The highest BCUT2D eigenvalue weighted by molar-refractivity contribution is 14.1. The van der Waals surface area contributed by atoms with Crippen molar-refractivity contribution in [3.63, 3.8) is 0 Å². The van der Waals surface area contributed by atoms with Crippen LogP contribution in [0.15, 0.2) is 0 Å². The summed E-state index contributed by atoms with van der Waals surface area (Å²) in [5.41, 5.74) is 0. The Morgan fingerprint density at radius 1 is 1.45 bits per heavy atom. The van der Waals surface area contributed by atoms with E-state index in [9.17, 15) is 4.39 Å². The predicted octanol–water partition coefficient (Wildman–Crippen LogP) is 2.45. The van der Waals surface area contributed by atoms with Crippen LogP contribution in [0.3, 0.4) is 0 Å². The molecule has 3 heteroatoms. The van der Waals surface area contributed by atoms with Gasteiger partial charge in [0.15, 0.2) is 3.68 Å². The first-order valence-corrected chi connectivity index (χ1v) is 5.14. The van der Waals surface area contributed by atoms with Gasteiger partial charge in [0.1, 0.15) is 0 Å². The van der Waals surface area contributed by atoms with Crippen LogP contribution in [0, 0.1) is 5.92 Å². The average Bonchev–Trinajstić information content (AvgIpc) is 1.86. The van der Waals surface area contributed by atoms with Gasteiger partial charge in [0.05, 0.1) is 0 Å². The van der Waals surface area contributed by atoms with Crippen LogP contribution in [0.2, 0.25) is 0 Å². The molecule has 1 rings (SSSR count). The Morgan fingerprint density at radius 2 is 1.91 bits per heavy atom. The van der Waals surface area contributed by atoms with E-state index in [1.165, 1.54) is 0 Å². The normalized spacial score (nSPS) is 28.4. The van der Waals surface area contributed by atoms with E-state index >= 15 is 0 Å². The van der Waals surface area contributed by atoms with E-state index in [0.717, 1.165) is 25.9 Å². The topological polar surface area (TPSA) is 3.24 Å². The Morgan fingerprint density at radius 3 is 2.27 bits per heavy atom. The van der Waals surface area contributed by atoms with Crippen molar-refractivity contribution in [3.8, 4) is 0 Å². The molecule has 1 atom stereocenters. The molecular weight excluding hydrogens is 256 g/mol. The quantitative estimate of drug-likeness (QED) is 0.523. The van der Waals surface area contributed by atoms with Gasteiger partial charge in [-0.1, -0.05) is 0 Å². The van der Waals surface area contributed by atoms with Gasteiger partial charge in [0.2, 0.25) is 0 Å². The van der Waals surface area contributed by atoms with Crippen LogP contribution < -0.4 is 0 Å². The Labute approximate surface area is 81.5 Å². The lowest BCUT2D eigenvalue weighted by Crippen LogP contribution is -2.36. The Balaban J connectivity index is 2.39. The molecule has 1 aliphatic heterocycles. The van der Waals surface area contributed by atoms with Crippen molar-refractivity contribution in [3.05, 3.63) is 0 Å². The lowest BCUT2D eigenvalue weighted by Gasteiger charge is -2.33. The molecule has 0 radical (unpaired) electrons. The third kappa shape index (κ3) is 2.86. The van der Waals surface area contributed by atoms with E-state index in [1.54, 1.807) is 6.92 Å². The molecule has 0 aromatic carbocycles. The second-order valence-electron chi connectivity index (χ2n) is 3.53. The Bertz CT molecular complexity index is 125. The molecule has 0 aromatic heterocycles. The van der Waals surface area contributed by atoms with E-state index < -0.39 is 3.68 Å². The summed E-state index contributed by atoms with van der Waals surface area (Å²) in [5, 5.41) is 0. The highest BCUT2D eigenvalue weighted by Crippen LogP contribution is 2.36. The van der Waals surface area contributed by atoms with Crippen molar-refractivity contribution in [2.24, 2.45) is 5.92 Å². The maximum atomic E-state index is 13.4. The van der Waals surface area contributed by atoms with Crippen LogP contribution in [0.25, 0.3) is 0 Å². The van der Waals surface area contributed by atoms with Gasteiger partial charge in [-0.3, -0.25) is 0 Å². The molecule has 1 aliphatic rings. The highest BCUT2D eigenvalue weighted by Gasteiger charge is 2.32. The Kier molecular flexibility index (Phi) is 3.14. The first-order valence-electron chi connectivity index (χ1n) is 4.06. The minimum atomic E-state index is -1.00. The van der Waals surface area contributed by atoms with Crippen molar-refractivity contribution in [2.45, 2.75) is 23.4 Å². The van der Waals surface area contributed by atoms with E-state index in [4.69, 9.17) is 0 Å². The number of alkyl halides is 2. The summed E-state index contributed by atoms with van der Waals surface area (Å²) in [6, 6.07) is 0. The fourth-order valence-corrected chi connectivity index (χ4v) is 2.14. The summed E-state index contributed by atoms with van der Waals surface area (Å²) < 4.78 is 12.4. The van der Waals surface area contributed by atoms with Gasteiger partial charge in [0.25, 0.3) is 0 Å². The van der Waals surface area contributed by atoms with Crippen molar-refractivity contribution < 1.29 is 4.39 Å². The van der Waals surface area contributed by atoms with Gasteiger partial charge in [-0.25, -0.2) is 4.39 Å². The summed E-state index contributed by atoms with van der Waals surface area (Å²) in [4.78, 5) is 2.26. The fraction of sp³-hybridized carbons (Fsp3) is 1.00. The third-order valence-corrected chi connectivity index (χ3v) is 3.32. The summed E-state index contributed by atoms with van der Waals surface area (Å²) in [5.74, 6) is 0.263. The monoisotopic (exact) mass is 271 g/mol. The molecule has 0 aromatic rings. The SMILES string of the molecule is CN1CCC(C(C)(F)I)CC1. The van der Waals surface area contributed by atoms with Gasteiger partial charge in [-0.2, -0.15) is 0 Å². The van der Waals surface area contributed by atoms with E-state index in [1.807, 2.05) is 22.6 Å². The number of likely N-dealkylation sites (tertiary alicyclic amines) is 1. The summed E-state index contributed by atoms with van der Waals surface area (Å²) in [6.45, 7) is 3.78. The number of rotatable bonds is 1. The largest absolute Gasteiger partial charge is 0.306 e. The zero-order valence-corrected chi connectivity index (χ0v) is 9.27. The van der Waals surface area contributed by atoms with Crippen LogP contribution in [-0.2, 0) is 0 Å². The molecule has 1 nitrogen and oxygen atoms in total. The molecule has 1 saturated heterocycles. The second kappa shape index (κ2) is 3.56. The summed E-state index contributed by atoms with van der Waals surface area (Å²) >= 11 is 1.92. The van der Waals surface area contributed by atoms with Gasteiger partial charge < -0.3 is 4.90 Å². The summed E-state index contributed by atoms with van der Waals surface area (Å²) in [7, 11) is 2.10. The molecule has 1 heterocycles. The zero-order chi connectivity index (χ0) is 8.48. The van der Waals surface area contributed by atoms with Crippen molar-refractivity contribution in [1.29, 1.82) is 0 Å². The van der Waals surface area contributed by atoms with Gasteiger partial charge in [-0.15, -0.1) is 0 Å². The van der Waals surface area contributed by atoms with Crippen LogP contribution in [0.4, 0.5) is 4.39 Å². The number of halogens is 2. The fourth-order valence-electron chi connectivity index (χ4n) is 1.52. The number of hydrogen-bond acceptors (Lipinski definition) is 1. The zero-order valence-electron chi connectivity index (χ0n) is 7.11. The molecule has 0 aliphatic carbocycles. The molecular formula is C8H15FIN. The van der Waals surface area contributed by atoms with E-state index in [-0.39, 0.29) is 5.92 Å². The molecule has 0 spiro atoms. The van der Waals surface area contributed by atoms with Crippen molar-refractivity contribution in [1.82, 2.24) is 4.90 Å². The minimum absolute atomic E-state index is 0.263. The lowest BCUT2D eigenvalue weighted by molar-refractivity contribution is 0.136. The van der Waals surface area contributed by atoms with Crippen molar-refractivity contribution in [2.75, 3.05) is 20.1 Å². The van der Waals surface area contributed by atoms with E-state index in [2.05, 4.69) is 11.9 Å². The van der Waals surface area contributed by atoms with Crippen LogP contribution in [0.1, 0.15) is 19.8 Å². The predicted molar refractivity (Wildman–Crippen MR) is 53.8 cm³/mol. The van der Waals surface area contributed by atoms with E-state index in [0.29, 0.717) is 0 Å². The second-order valence-corrected chi connectivity index (χ2v) is 5.64. The molecule has 1 unspecified atom stereocenters. The Hall–Kier alpha value is 0.620. The van der Waals surface area contributed by atoms with Gasteiger partial charge >= 0.3 is 0 Å². The molecule has 66 valence electrons. The van der Waals surface area contributed by atoms with Crippen LogP contribution in [0.5, 0.6) is 0 Å².